The van der Waals surface area contributed by atoms with Gasteiger partial charge in [-0.2, -0.15) is 0 Å². The summed E-state index contributed by atoms with van der Waals surface area (Å²) in [6, 6.07) is 0. The third-order valence-electron chi connectivity index (χ3n) is 1.39. The van der Waals surface area contributed by atoms with Crippen molar-refractivity contribution in [1.29, 1.82) is 0 Å². The summed E-state index contributed by atoms with van der Waals surface area (Å²) in [5.41, 5.74) is 0.871. The molecule has 1 aromatic rings. The molecule has 0 saturated heterocycles. The Morgan fingerprint density at radius 2 is 2.17 bits per heavy atom. The summed E-state index contributed by atoms with van der Waals surface area (Å²) < 4.78 is 0. The Balaban J connectivity index is 2.97. The predicted octanol–water partition coefficient (Wildman–Crippen LogP) is 1.05. The molecule has 4 heteroatoms. The van der Waals surface area contributed by atoms with E-state index in [1.54, 1.807) is 13.1 Å². The molecular formula is C8H11N3O. The molecule has 0 atom stereocenters. The number of amides is 1. The topological polar surface area (TPSA) is 54.9 Å². The van der Waals surface area contributed by atoms with Gasteiger partial charge in [-0.15, -0.1) is 0 Å². The Labute approximate surface area is 71.0 Å². The van der Waals surface area contributed by atoms with E-state index in [0.29, 0.717) is 11.6 Å². The number of aryl methyl sites for hydroxylation is 2. The van der Waals surface area contributed by atoms with Crippen molar-refractivity contribution in [3.05, 3.63) is 17.6 Å². The highest BCUT2D eigenvalue weighted by Crippen LogP contribution is 2.08. The van der Waals surface area contributed by atoms with Gasteiger partial charge in [0.1, 0.15) is 11.6 Å². The fourth-order valence-corrected chi connectivity index (χ4v) is 0.824. The van der Waals surface area contributed by atoms with Crippen LogP contribution in [0.2, 0.25) is 0 Å². The van der Waals surface area contributed by atoms with E-state index in [0.717, 1.165) is 5.56 Å². The molecule has 0 aliphatic carbocycles. The first-order valence-corrected chi connectivity index (χ1v) is 3.67. The molecule has 0 aliphatic rings. The molecule has 0 saturated carbocycles. The SMILES string of the molecule is CC(=O)Nc1nc(C)ncc1C. The summed E-state index contributed by atoms with van der Waals surface area (Å²) >= 11 is 0. The minimum absolute atomic E-state index is 0.115. The zero-order valence-corrected chi connectivity index (χ0v) is 7.38. The van der Waals surface area contributed by atoms with Crippen LogP contribution in [0.5, 0.6) is 0 Å². The average Bonchev–Trinajstić information content (AvgIpc) is 1.96. The normalized spacial score (nSPS) is 9.58. The van der Waals surface area contributed by atoms with Gasteiger partial charge in [0.2, 0.25) is 5.91 Å². The second-order valence-electron chi connectivity index (χ2n) is 2.63. The van der Waals surface area contributed by atoms with Crippen molar-refractivity contribution >= 4 is 11.7 Å². The minimum Gasteiger partial charge on any atom is -0.311 e. The maximum absolute atomic E-state index is 10.7. The van der Waals surface area contributed by atoms with Gasteiger partial charge in [-0.05, 0) is 13.8 Å². The van der Waals surface area contributed by atoms with Crippen LogP contribution in [0.4, 0.5) is 5.82 Å². The third-order valence-corrected chi connectivity index (χ3v) is 1.39. The number of nitrogens with one attached hydrogen (secondary N) is 1. The number of anilines is 1. The van der Waals surface area contributed by atoms with Crippen LogP contribution in [-0.2, 0) is 4.79 Å². The van der Waals surface area contributed by atoms with E-state index in [1.807, 2.05) is 6.92 Å². The van der Waals surface area contributed by atoms with Gasteiger partial charge in [0, 0.05) is 18.7 Å². The van der Waals surface area contributed by atoms with Crippen molar-refractivity contribution < 1.29 is 4.79 Å². The zero-order valence-electron chi connectivity index (χ0n) is 7.38. The third kappa shape index (κ3) is 2.02. The summed E-state index contributed by atoms with van der Waals surface area (Å²) in [6.45, 7) is 5.09. The molecule has 12 heavy (non-hydrogen) atoms. The number of hydrogen-bond donors (Lipinski definition) is 1. The van der Waals surface area contributed by atoms with E-state index < -0.39 is 0 Å². The first kappa shape index (κ1) is 8.64. The number of nitrogens with zero attached hydrogens (tertiary/aromatic N) is 2. The van der Waals surface area contributed by atoms with E-state index in [-0.39, 0.29) is 5.91 Å². The van der Waals surface area contributed by atoms with Crippen molar-refractivity contribution in [1.82, 2.24) is 9.97 Å². The Morgan fingerprint density at radius 1 is 1.50 bits per heavy atom. The Bertz CT molecular complexity index is 309. The maximum atomic E-state index is 10.7. The molecule has 1 rings (SSSR count). The van der Waals surface area contributed by atoms with Crippen LogP contribution < -0.4 is 5.32 Å². The molecule has 0 radical (unpaired) electrons. The Kier molecular flexibility index (Phi) is 2.38. The summed E-state index contributed by atoms with van der Waals surface area (Å²) in [6.07, 6.45) is 1.69. The highest BCUT2D eigenvalue weighted by atomic mass is 16.1. The largest absolute Gasteiger partial charge is 0.311 e. The van der Waals surface area contributed by atoms with Crippen LogP contribution in [0.3, 0.4) is 0 Å². The summed E-state index contributed by atoms with van der Waals surface area (Å²) in [5, 5.41) is 2.62. The fraction of sp³-hybridized carbons (Fsp3) is 0.375. The molecule has 0 bridgehead atoms. The van der Waals surface area contributed by atoms with Gasteiger partial charge < -0.3 is 5.32 Å². The van der Waals surface area contributed by atoms with Crippen molar-refractivity contribution in [3.8, 4) is 0 Å². The standard InChI is InChI=1S/C8H11N3O/c1-5-4-9-6(2)10-8(5)11-7(3)12/h4H,1-3H3,(H,9,10,11,12). The molecule has 1 heterocycles. The highest BCUT2D eigenvalue weighted by Gasteiger charge is 2.01. The lowest BCUT2D eigenvalue weighted by Crippen LogP contribution is -2.09. The highest BCUT2D eigenvalue weighted by molar-refractivity contribution is 5.88. The van der Waals surface area contributed by atoms with Gasteiger partial charge in [-0.1, -0.05) is 0 Å². The second kappa shape index (κ2) is 3.30. The van der Waals surface area contributed by atoms with E-state index in [1.165, 1.54) is 6.92 Å². The van der Waals surface area contributed by atoms with E-state index in [2.05, 4.69) is 15.3 Å². The van der Waals surface area contributed by atoms with E-state index in [9.17, 15) is 4.79 Å². The first-order chi connectivity index (χ1) is 5.59. The van der Waals surface area contributed by atoms with Crippen molar-refractivity contribution in [3.63, 3.8) is 0 Å². The Hall–Kier alpha value is -1.45. The van der Waals surface area contributed by atoms with Gasteiger partial charge in [0.05, 0.1) is 0 Å². The van der Waals surface area contributed by atoms with Crippen LogP contribution >= 0.6 is 0 Å². The van der Waals surface area contributed by atoms with Crippen LogP contribution in [0.15, 0.2) is 6.20 Å². The molecule has 0 aromatic carbocycles. The Morgan fingerprint density at radius 3 is 2.75 bits per heavy atom. The quantitative estimate of drug-likeness (QED) is 0.676. The fourth-order valence-electron chi connectivity index (χ4n) is 0.824. The van der Waals surface area contributed by atoms with Crippen molar-refractivity contribution in [2.45, 2.75) is 20.8 Å². The number of hydrogen-bond acceptors (Lipinski definition) is 3. The lowest BCUT2D eigenvalue weighted by molar-refractivity contribution is -0.114. The molecule has 0 spiro atoms. The second-order valence-corrected chi connectivity index (χ2v) is 2.63. The van der Waals surface area contributed by atoms with Crippen molar-refractivity contribution in [2.24, 2.45) is 0 Å². The van der Waals surface area contributed by atoms with Crippen molar-refractivity contribution in [2.75, 3.05) is 5.32 Å². The minimum atomic E-state index is -0.115. The molecule has 64 valence electrons. The van der Waals surface area contributed by atoms with E-state index >= 15 is 0 Å². The van der Waals surface area contributed by atoms with Gasteiger partial charge in [0.15, 0.2) is 0 Å². The van der Waals surface area contributed by atoms with Crippen LogP contribution in [0, 0.1) is 13.8 Å². The molecule has 1 N–H and O–H groups in total. The number of carbonyl (C=O) groups is 1. The number of rotatable bonds is 1. The maximum Gasteiger partial charge on any atom is 0.222 e. The zero-order chi connectivity index (χ0) is 9.14. The van der Waals surface area contributed by atoms with Crippen LogP contribution in [-0.4, -0.2) is 15.9 Å². The lowest BCUT2D eigenvalue weighted by atomic mass is 10.3. The first-order valence-electron chi connectivity index (χ1n) is 3.67. The van der Waals surface area contributed by atoms with Crippen LogP contribution in [0.25, 0.3) is 0 Å². The molecular weight excluding hydrogens is 154 g/mol. The summed E-state index contributed by atoms with van der Waals surface area (Å²) in [4.78, 5) is 18.8. The lowest BCUT2D eigenvalue weighted by Gasteiger charge is -2.04. The monoisotopic (exact) mass is 165 g/mol. The number of carbonyl (C=O) groups excluding carboxylic acids is 1. The van der Waals surface area contributed by atoms with Gasteiger partial charge in [-0.3, -0.25) is 4.79 Å². The van der Waals surface area contributed by atoms with E-state index in [4.69, 9.17) is 0 Å². The van der Waals surface area contributed by atoms with Gasteiger partial charge in [0.25, 0.3) is 0 Å². The smallest absolute Gasteiger partial charge is 0.222 e. The average molecular weight is 165 g/mol. The molecule has 0 unspecified atom stereocenters. The number of aromatic nitrogens is 2. The van der Waals surface area contributed by atoms with Gasteiger partial charge >= 0.3 is 0 Å². The molecule has 0 aliphatic heterocycles. The molecule has 1 aromatic heterocycles. The summed E-state index contributed by atoms with van der Waals surface area (Å²) in [7, 11) is 0. The molecule has 0 fully saturated rings. The predicted molar refractivity (Wildman–Crippen MR) is 45.8 cm³/mol. The molecule has 4 nitrogen and oxygen atoms in total. The summed E-state index contributed by atoms with van der Waals surface area (Å²) in [5.74, 6) is 1.13. The van der Waals surface area contributed by atoms with Crippen LogP contribution in [0.1, 0.15) is 18.3 Å². The van der Waals surface area contributed by atoms with Gasteiger partial charge in [-0.25, -0.2) is 9.97 Å². The molecule has 1 amide bonds.